The van der Waals surface area contributed by atoms with Gasteiger partial charge in [-0.05, 0) is 24.7 Å². The first-order chi connectivity index (χ1) is 7.99. The van der Waals surface area contributed by atoms with Crippen LogP contribution in [0.15, 0.2) is 0 Å². The number of likely N-dealkylation sites (tertiary alicyclic amines) is 1. The molecule has 0 bridgehead atoms. The van der Waals surface area contributed by atoms with E-state index < -0.39 is 0 Å². The van der Waals surface area contributed by atoms with Crippen LogP contribution in [0.4, 0.5) is 0 Å². The van der Waals surface area contributed by atoms with E-state index in [1.54, 1.807) is 7.11 Å². The van der Waals surface area contributed by atoms with Gasteiger partial charge in [0.15, 0.2) is 0 Å². The maximum absolute atomic E-state index is 12.4. The van der Waals surface area contributed by atoms with Crippen molar-refractivity contribution in [2.45, 2.75) is 45.3 Å². The Bertz CT molecular complexity index is 304. The Morgan fingerprint density at radius 2 is 2.18 bits per heavy atom. The number of hydrogen-bond donors (Lipinski definition) is 1. The topological polar surface area (TPSA) is 55.6 Å². The molecular formula is C13H24N2O2. The monoisotopic (exact) mass is 240 g/mol. The predicted molar refractivity (Wildman–Crippen MR) is 66.5 cm³/mol. The number of nitrogens with two attached hydrogens (primary N) is 1. The first-order valence-corrected chi connectivity index (χ1v) is 6.53. The normalized spacial score (nSPS) is 35.8. The third kappa shape index (κ3) is 2.47. The Hall–Kier alpha value is -0.610. The maximum atomic E-state index is 12.4. The first kappa shape index (κ1) is 12.8. The van der Waals surface area contributed by atoms with Crippen molar-refractivity contribution in [2.75, 3.05) is 20.2 Å². The lowest BCUT2D eigenvalue weighted by Gasteiger charge is -2.39. The van der Waals surface area contributed by atoms with Crippen molar-refractivity contribution in [3.8, 4) is 0 Å². The Balaban J connectivity index is 1.98. The van der Waals surface area contributed by atoms with Gasteiger partial charge >= 0.3 is 0 Å². The average molecular weight is 240 g/mol. The van der Waals surface area contributed by atoms with E-state index in [-0.39, 0.29) is 23.5 Å². The van der Waals surface area contributed by atoms with Gasteiger partial charge in [0.2, 0.25) is 5.91 Å². The zero-order chi connectivity index (χ0) is 12.6. The van der Waals surface area contributed by atoms with Gasteiger partial charge in [0.25, 0.3) is 0 Å². The fourth-order valence-corrected chi connectivity index (χ4v) is 2.83. The lowest BCUT2D eigenvalue weighted by molar-refractivity contribution is -0.139. The lowest BCUT2D eigenvalue weighted by atomic mass is 9.98. The molecule has 1 aliphatic heterocycles. The molecule has 0 aromatic heterocycles. The van der Waals surface area contributed by atoms with Gasteiger partial charge in [0, 0.05) is 32.2 Å². The second-order valence-corrected chi connectivity index (χ2v) is 6.05. The minimum absolute atomic E-state index is 0.164. The molecule has 1 amide bonds. The number of rotatable bonds is 3. The number of carbonyl (C=O) groups excluding carboxylic acids is 1. The summed E-state index contributed by atoms with van der Waals surface area (Å²) in [6.07, 6.45) is 3.10. The van der Waals surface area contributed by atoms with Crippen molar-refractivity contribution in [3.05, 3.63) is 0 Å². The fraction of sp³-hybridized carbons (Fsp3) is 0.923. The van der Waals surface area contributed by atoms with E-state index in [9.17, 15) is 4.79 Å². The smallest absolute Gasteiger partial charge is 0.226 e. The molecule has 17 heavy (non-hydrogen) atoms. The Labute approximate surface area is 103 Å². The molecule has 0 aromatic rings. The minimum Gasteiger partial charge on any atom is -0.381 e. The zero-order valence-electron chi connectivity index (χ0n) is 11.1. The molecule has 3 unspecified atom stereocenters. The molecule has 98 valence electrons. The summed E-state index contributed by atoms with van der Waals surface area (Å²) in [5.41, 5.74) is 5.99. The van der Waals surface area contributed by atoms with Gasteiger partial charge < -0.3 is 15.4 Å². The molecule has 3 atom stereocenters. The summed E-state index contributed by atoms with van der Waals surface area (Å²) in [7, 11) is 1.74. The zero-order valence-corrected chi connectivity index (χ0v) is 11.1. The second kappa shape index (κ2) is 4.58. The molecule has 1 saturated carbocycles. The molecular weight excluding hydrogens is 216 g/mol. The minimum atomic E-state index is 0.164. The van der Waals surface area contributed by atoms with Gasteiger partial charge in [0.1, 0.15) is 0 Å². The number of piperidine rings is 1. The van der Waals surface area contributed by atoms with Crippen LogP contribution in [0.5, 0.6) is 0 Å². The summed E-state index contributed by atoms with van der Waals surface area (Å²) in [5, 5.41) is 0. The summed E-state index contributed by atoms with van der Waals surface area (Å²) >= 11 is 0. The van der Waals surface area contributed by atoms with Crippen LogP contribution in [0.1, 0.15) is 33.1 Å². The molecule has 0 spiro atoms. The molecule has 2 N–H and O–H groups in total. The van der Waals surface area contributed by atoms with E-state index in [0.29, 0.717) is 12.5 Å². The summed E-state index contributed by atoms with van der Waals surface area (Å²) in [4.78, 5) is 14.4. The number of ether oxygens (including phenoxy) is 1. The number of methoxy groups -OCH3 is 1. The number of hydrogen-bond acceptors (Lipinski definition) is 3. The van der Waals surface area contributed by atoms with E-state index >= 15 is 0 Å². The van der Waals surface area contributed by atoms with Gasteiger partial charge in [-0.1, -0.05) is 13.8 Å². The van der Waals surface area contributed by atoms with Crippen molar-refractivity contribution < 1.29 is 9.53 Å². The van der Waals surface area contributed by atoms with Crippen LogP contribution in [-0.4, -0.2) is 43.2 Å². The second-order valence-electron chi connectivity index (χ2n) is 6.05. The highest BCUT2D eigenvalue weighted by atomic mass is 16.5. The molecule has 4 nitrogen and oxygen atoms in total. The standard InChI is InChI=1S/C13H24N2O2/c1-13(2)7-11(13)12(16)15-5-4-10(17-3)6-9(15)8-14/h9-11H,4-8,14H2,1-3H3. The van der Waals surface area contributed by atoms with E-state index in [1.165, 1.54) is 0 Å². The largest absolute Gasteiger partial charge is 0.381 e. The van der Waals surface area contributed by atoms with Gasteiger partial charge in [-0.2, -0.15) is 0 Å². The van der Waals surface area contributed by atoms with Gasteiger partial charge in [-0.15, -0.1) is 0 Å². The summed E-state index contributed by atoms with van der Waals surface area (Å²) in [6.45, 7) is 5.66. The molecule has 4 heteroatoms. The molecule has 0 aromatic carbocycles. The summed E-state index contributed by atoms with van der Waals surface area (Å²) in [5.74, 6) is 0.524. The molecule has 2 fully saturated rings. The van der Waals surface area contributed by atoms with Crippen molar-refractivity contribution in [1.29, 1.82) is 0 Å². The first-order valence-electron chi connectivity index (χ1n) is 6.53. The van der Waals surface area contributed by atoms with E-state index in [0.717, 1.165) is 25.8 Å². The van der Waals surface area contributed by atoms with Gasteiger partial charge in [0.05, 0.1) is 6.10 Å². The molecule has 1 saturated heterocycles. The third-order valence-corrected chi connectivity index (χ3v) is 4.37. The van der Waals surface area contributed by atoms with Crippen LogP contribution in [0.25, 0.3) is 0 Å². The number of nitrogens with zero attached hydrogens (tertiary/aromatic N) is 1. The highest BCUT2D eigenvalue weighted by molar-refractivity contribution is 5.83. The molecule has 2 aliphatic rings. The molecule has 2 rings (SSSR count). The van der Waals surface area contributed by atoms with E-state index in [4.69, 9.17) is 10.5 Å². The average Bonchev–Trinajstić information content (AvgIpc) is 2.96. The van der Waals surface area contributed by atoms with Crippen molar-refractivity contribution in [1.82, 2.24) is 4.90 Å². The molecule has 1 aliphatic carbocycles. The van der Waals surface area contributed by atoms with Crippen LogP contribution < -0.4 is 5.73 Å². The Morgan fingerprint density at radius 1 is 1.53 bits per heavy atom. The van der Waals surface area contributed by atoms with Crippen LogP contribution >= 0.6 is 0 Å². The van der Waals surface area contributed by atoms with Crippen LogP contribution in [0, 0.1) is 11.3 Å². The lowest BCUT2D eigenvalue weighted by Crippen LogP contribution is -2.52. The predicted octanol–water partition coefficient (Wildman–Crippen LogP) is 0.997. The maximum Gasteiger partial charge on any atom is 0.226 e. The van der Waals surface area contributed by atoms with Crippen molar-refractivity contribution >= 4 is 5.91 Å². The van der Waals surface area contributed by atoms with Gasteiger partial charge in [-0.25, -0.2) is 0 Å². The Morgan fingerprint density at radius 3 is 2.65 bits per heavy atom. The van der Waals surface area contributed by atoms with Crippen LogP contribution in [-0.2, 0) is 9.53 Å². The van der Waals surface area contributed by atoms with Crippen LogP contribution in [0.3, 0.4) is 0 Å². The van der Waals surface area contributed by atoms with Crippen LogP contribution in [0.2, 0.25) is 0 Å². The van der Waals surface area contributed by atoms with E-state index in [2.05, 4.69) is 13.8 Å². The molecule has 1 heterocycles. The van der Waals surface area contributed by atoms with Crippen molar-refractivity contribution in [2.24, 2.45) is 17.1 Å². The van der Waals surface area contributed by atoms with E-state index in [1.807, 2.05) is 4.90 Å². The summed E-state index contributed by atoms with van der Waals surface area (Å²) < 4.78 is 5.37. The highest BCUT2D eigenvalue weighted by Gasteiger charge is 2.53. The highest BCUT2D eigenvalue weighted by Crippen LogP contribution is 2.52. The SMILES string of the molecule is COC1CCN(C(=O)C2CC2(C)C)C(CN)C1. The number of carbonyl (C=O) groups is 1. The third-order valence-electron chi connectivity index (χ3n) is 4.37. The fourth-order valence-electron chi connectivity index (χ4n) is 2.83. The quantitative estimate of drug-likeness (QED) is 0.800. The van der Waals surface area contributed by atoms with Gasteiger partial charge in [-0.3, -0.25) is 4.79 Å². The number of amides is 1. The molecule has 0 radical (unpaired) electrons. The van der Waals surface area contributed by atoms with Crippen molar-refractivity contribution in [3.63, 3.8) is 0 Å². The summed E-state index contributed by atoms with van der Waals surface area (Å²) in [6, 6.07) is 0.164. The Kier molecular flexibility index (Phi) is 3.46.